The third kappa shape index (κ3) is 3.40. The van der Waals surface area contributed by atoms with E-state index in [0.29, 0.717) is 5.03 Å². The van der Waals surface area contributed by atoms with Crippen LogP contribution in [0.2, 0.25) is 0 Å². The summed E-state index contributed by atoms with van der Waals surface area (Å²) in [7, 11) is 0. The van der Waals surface area contributed by atoms with Gasteiger partial charge < -0.3 is 9.47 Å². The van der Waals surface area contributed by atoms with E-state index >= 15 is 0 Å². The van der Waals surface area contributed by atoms with Crippen LogP contribution in [0.1, 0.15) is 13.8 Å². The van der Waals surface area contributed by atoms with Crippen LogP contribution < -0.4 is 0 Å². The first kappa shape index (κ1) is 11.8. The van der Waals surface area contributed by atoms with Gasteiger partial charge in [-0.25, -0.2) is 0 Å². The highest BCUT2D eigenvalue weighted by Gasteiger charge is 2.29. The molecule has 1 aliphatic carbocycles. The highest BCUT2D eigenvalue weighted by atomic mass is 35.5. The van der Waals surface area contributed by atoms with E-state index in [2.05, 4.69) is 0 Å². The molecule has 0 aromatic heterocycles. The minimum Gasteiger partial charge on any atom is -0.454 e. The molecule has 0 saturated carbocycles. The molecule has 5 heteroatoms. The Hall–Kier alpha value is -1.29. The van der Waals surface area contributed by atoms with Crippen molar-refractivity contribution in [2.45, 2.75) is 26.1 Å². The Morgan fingerprint density at radius 2 is 1.87 bits per heavy atom. The maximum absolute atomic E-state index is 10.8. The summed E-state index contributed by atoms with van der Waals surface area (Å²) in [6, 6.07) is 0. The Bertz CT molecular complexity index is 332. The van der Waals surface area contributed by atoms with E-state index in [1.807, 2.05) is 0 Å². The molecule has 0 bridgehead atoms. The predicted molar refractivity (Wildman–Crippen MR) is 54.2 cm³/mol. The number of ether oxygens (including phenoxy) is 2. The average Bonchev–Trinajstić information content (AvgIpc) is 2.09. The Morgan fingerprint density at radius 3 is 2.40 bits per heavy atom. The summed E-state index contributed by atoms with van der Waals surface area (Å²) >= 11 is 5.85. The van der Waals surface area contributed by atoms with Crippen LogP contribution in [0.25, 0.3) is 0 Å². The van der Waals surface area contributed by atoms with Gasteiger partial charge in [-0.05, 0) is 12.2 Å². The van der Waals surface area contributed by atoms with E-state index in [4.69, 9.17) is 21.1 Å². The average molecular weight is 231 g/mol. The molecule has 0 radical (unpaired) electrons. The lowest BCUT2D eigenvalue weighted by Crippen LogP contribution is -2.34. The molecule has 0 spiro atoms. The molecule has 15 heavy (non-hydrogen) atoms. The molecule has 0 unspecified atom stereocenters. The molecule has 0 saturated heterocycles. The minimum absolute atomic E-state index is 0.332. The number of hydrogen-bond acceptors (Lipinski definition) is 4. The molecule has 4 nitrogen and oxygen atoms in total. The van der Waals surface area contributed by atoms with Crippen LogP contribution in [0, 0.1) is 0 Å². The maximum atomic E-state index is 10.8. The van der Waals surface area contributed by atoms with Gasteiger partial charge in [0.1, 0.15) is 0 Å². The molecule has 0 amide bonds. The van der Waals surface area contributed by atoms with Crippen LogP contribution in [-0.4, -0.2) is 24.1 Å². The Morgan fingerprint density at radius 1 is 1.27 bits per heavy atom. The quantitative estimate of drug-likeness (QED) is 0.676. The van der Waals surface area contributed by atoms with Gasteiger partial charge in [-0.1, -0.05) is 17.7 Å². The van der Waals surface area contributed by atoms with E-state index in [9.17, 15) is 9.59 Å². The highest BCUT2D eigenvalue weighted by Crippen LogP contribution is 2.23. The number of allylic oxidation sites excluding steroid dienone is 2. The van der Waals surface area contributed by atoms with E-state index in [1.165, 1.54) is 13.8 Å². The third-order valence-corrected chi connectivity index (χ3v) is 2.06. The van der Waals surface area contributed by atoms with E-state index in [1.54, 1.807) is 18.2 Å². The Kier molecular flexibility index (Phi) is 3.91. The normalized spacial score (nSPS) is 24.3. The van der Waals surface area contributed by atoms with Gasteiger partial charge in [0.15, 0.2) is 12.2 Å². The molecule has 0 aliphatic heterocycles. The summed E-state index contributed by atoms with van der Waals surface area (Å²) in [5.41, 5.74) is 0. The van der Waals surface area contributed by atoms with Gasteiger partial charge in [-0.15, -0.1) is 0 Å². The molecule has 0 aromatic rings. The lowest BCUT2D eigenvalue weighted by molar-refractivity contribution is -0.158. The van der Waals surface area contributed by atoms with Crippen LogP contribution >= 0.6 is 11.6 Å². The zero-order chi connectivity index (χ0) is 11.4. The van der Waals surface area contributed by atoms with Crippen molar-refractivity contribution in [1.82, 2.24) is 0 Å². The van der Waals surface area contributed by atoms with Crippen molar-refractivity contribution in [3.8, 4) is 0 Å². The van der Waals surface area contributed by atoms with Crippen LogP contribution in [0.15, 0.2) is 23.3 Å². The smallest absolute Gasteiger partial charge is 0.303 e. The summed E-state index contributed by atoms with van der Waals surface area (Å²) in [6.45, 7) is 2.55. The largest absolute Gasteiger partial charge is 0.454 e. The number of rotatable bonds is 2. The topological polar surface area (TPSA) is 52.6 Å². The lowest BCUT2D eigenvalue weighted by atomic mass is 10.1. The van der Waals surface area contributed by atoms with Crippen molar-refractivity contribution in [2.24, 2.45) is 0 Å². The highest BCUT2D eigenvalue weighted by molar-refractivity contribution is 6.30. The van der Waals surface area contributed by atoms with E-state index in [0.717, 1.165) is 0 Å². The van der Waals surface area contributed by atoms with Crippen molar-refractivity contribution in [3.05, 3.63) is 23.3 Å². The predicted octanol–water partition coefficient (Wildman–Crippen LogP) is 1.54. The Balaban J connectivity index is 2.76. The summed E-state index contributed by atoms with van der Waals surface area (Å²) in [4.78, 5) is 21.6. The fraction of sp³-hybridized carbons (Fsp3) is 0.400. The van der Waals surface area contributed by atoms with Gasteiger partial charge in [-0.2, -0.15) is 0 Å². The van der Waals surface area contributed by atoms with Gasteiger partial charge in [0.25, 0.3) is 0 Å². The molecule has 2 atom stereocenters. The molecule has 1 aliphatic rings. The summed E-state index contributed by atoms with van der Waals surface area (Å²) in [6.07, 6.45) is 3.47. The number of carbonyl (C=O) groups is 2. The van der Waals surface area contributed by atoms with Crippen molar-refractivity contribution in [3.63, 3.8) is 0 Å². The van der Waals surface area contributed by atoms with Crippen molar-refractivity contribution in [2.75, 3.05) is 0 Å². The van der Waals surface area contributed by atoms with E-state index in [-0.39, 0.29) is 0 Å². The van der Waals surface area contributed by atoms with Crippen molar-refractivity contribution >= 4 is 23.5 Å². The second-order valence-corrected chi connectivity index (χ2v) is 3.48. The van der Waals surface area contributed by atoms with Gasteiger partial charge in [0.2, 0.25) is 0 Å². The SMILES string of the molecule is CC(=O)O[C@H]1C=CC=C(Cl)[C@H]1OC(C)=O. The number of esters is 2. The zero-order valence-electron chi connectivity index (χ0n) is 8.40. The van der Waals surface area contributed by atoms with Crippen LogP contribution in [0.3, 0.4) is 0 Å². The fourth-order valence-electron chi connectivity index (χ4n) is 1.20. The summed E-state index contributed by atoms with van der Waals surface area (Å²) in [5.74, 6) is -0.924. The molecule has 0 fully saturated rings. The van der Waals surface area contributed by atoms with Crippen LogP contribution in [0.5, 0.6) is 0 Å². The first-order valence-corrected chi connectivity index (χ1v) is 4.77. The number of halogens is 1. The summed E-state index contributed by atoms with van der Waals surface area (Å²) < 4.78 is 9.90. The number of carbonyl (C=O) groups excluding carboxylic acids is 2. The molecule has 82 valence electrons. The first-order valence-electron chi connectivity index (χ1n) is 4.39. The maximum Gasteiger partial charge on any atom is 0.303 e. The lowest BCUT2D eigenvalue weighted by Gasteiger charge is -2.25. The molecular weight excluding hydrogens is 220 g/mol. The van der Waals surface area contributed by atoms with Crippen molar-refractivity contribution < 1.29 is 19.1 Å². The second-order valence-electron chi connectivity index (χ2n) is 3.04. The minimum atomic E-state index is -0.738. The molecular formula is C10H11ClO4. The van der Waals surface area contributed by atoms with Crippen LogP contribution in [-0.2, 0) is 19.1 Å². The van der Waals surface area contributed by atoms with Gasteiger partial charge in [0, 0.05) is 13.8 Å². The number of hydrogen-bond donors (Lipinski definition) is 0. The van der Waals surface area contributed by atoms with E-state index < -0.39 is 24.1 Å². The van der Waals surface area contributed by atoms with Gasteiger partial charge in [-0.3, -0.25) is 9.59 Å². The molecule has 0 heterocycles. The second kappa shape index (κ2) is 4.98. The van der Waals surface area contributed by atoms with Crippen LogP contribution in [0.4, 0.5) is 0 Å². The summed E-state index contributed by atoms with van der Waals surface area (Å²) in [5, 5.41) is 0.332. The fourth-order valence-corrected chi connectivity index (χ4v) is 1.45. The zero-order valence-corrected chi connectivity index (χ0v) is 9.15. The molecule has 0 N–H and O–H groups in total. The standard InChI is InChI=1S/C10H11ClO4/c1-6(12)14-9-5-3-4-8(11)10(9)15-7(2)13/h3-5,9-10H,1-2H3/t9-,10+/m0/s1. The Labute approximate surface area is 92.5 Å². The first-order chi connectivity index (χ1) is 7.00. The molecule has 0 aromatic carbocycles. The van der Waals surface area contributed by atoms with Gasteiger partial charge >= 0.3 is 11.9 Å². The van der Waals surface area contributed by atoms with Crippen molar-refractivity contribution in [1.29, 1.82) is 0 Å². The molecule has 1 rings (SSSR count). The monoisotopic (exact) mass is 230 g/mol. The third-order valence-electron chi connectivity index (χ3n) is 1.72. The van der Waals surface area contributed by atoms with Gasteiger partial charge in [0.05, 0.1) is 5.03 Å².